The molecule has 1 heterocycles. The molecule has 1 aliphatic rings. The summed E-state index contributed by atoms with van der Waals surface area (Å²) in [5.74, 6) is -0.191. The average molecular weight is 202 g/mol. The van der Waals surface area contributed by atoms with E-state index in [1.165, 1.54) is 0 Å². The Labute approximate surface area is 89.6 Å². The van der Waals surface area contributed by atoms with E-state index in [9.17, 15) is 4.79 Å². The molecule has 0 spiro atoms. The molecule has 15 heavy (non-hydrogen) atoms. The third-order valence-electron chi connectivity index (χ3n) is 2.39. The number of hydrogen-bond donors (Lipinski definition) is 0. The lowest BCUT2D eigenvalue weighted by molar-refractivity contribution is -0.143. The summed E-state index contributed by atoms with van der Waals surface area (Å²) in [6, 6.07) is 9.83. The second-order valence-electron chi connectivity index (χ2n) is 4.41. The lowest BCUT2D eigenvalue weighted by atomic mass is 10.0. The van der Waals surface area contributed by atoms with E-state index >= 15 is 0 Å². The van der Waals surface area contributed by atoms with Crippen molar-refractivity contribution < 1.29 is 9.53 Å². The van der Waals surface area contributed by atoms with Crippen molar-refractivity contribution in [2.24, 2.45) is 0 Å². The van der Waals surface area contributed by atoms with Gasteiger partial charge in [0.05, 0.1) is 0 Å². The molecule has 0 atom stereocenters. The average Bonchev–Trinajstić information content (AvgIpc) is 2.41. The lowest BCUT2D eigenvalue weighted by Crippen LogP contribution is -2.17. The highest BCUT2D eigenvalue weighted by Crippen LogP contribution is 2.30. The van der Waals surface area contributed by atoms with Gasteiger partial charge in [0.2, 0.25) is 0 Å². The molecule has 2 rings (SSSR count). The van der Waals surface area contributed by atoms with Crippen LogP contribution in [-0.4, -0.2) is 11.6 Å². The van der Waals surface area contributed by atoms with Crippen LogP contribution in [-0.2, 0) is 9.53 Å². The maximum absolute atomic E-state index is 11.5. The number of rotatable bonds is 1. The Bertz CT molecular complexity index is 402. The summed E-state index contributed by atoms with van der Waals surface area (Å²) in [5, 5.41) is 0. The maximum Gasteiger partial charge on any atom is 0.334 e. The smallest absolute Gasteiger partial charge is 0.334 e. The highest BCUT2D eigenvalue weighted by Gasteiger charge is 2.35. The second kappa shape index (κ2) is 3.54. The molecule has 2 nitrogen and oxygen atoms in total. The highest BCUT2D eigenvalue weighted by atomic mass is 16.6. The number of esters is 1. The zero-order valence-corrected chi connectivity index (χ0v) is 8.99. The van der Waals surface area contributed by atoms with Gasteiger partial charge in [-0.1, -0.05) is 30.3 Å². The number of carbonyl (C=O) groups is 1. The number of carbonyl (C=O) groups excluding carboxylic acids is 1. The van der Waals surface area contributed by atoms with Crippen molar-refractivity contribution in [3.8, 4) is 0 Å². The van der Waals surface area contributed by atoms with Crippen LogP contribution in [0, 0.1) is 0 Å². The normalized spacial score (nSPS) is 21.7. The predicted octanol–water partition coefficient (Wildman–Crippen LogP) is 2.80. The van der Waals surface area contributed by atoms with Crippen molar-refractivity contribution in [2.45, 2.75) is 25.9 Å². The van der Waals surface area contributed by atoms with Gasteiger partial charge in [-0.15, -0.1) is 0 Å². The summed E-state index contributed by atoms with van der Waals surface area (Å²) in [6.07, 6.45) is 2.58. The van der Waals surface area contributed by atoms with Crippen molar-refractivity contribution in [3.63, 3.8) is 0 Å². The molecule has 2 heteroatoms. The molecule has 1 aliphatic heterocycles. The van der Waals surface area contributed by atoms with Gasteiger partial charge in [-0.25, -0.2) is 4.79 Å². The summed E-state index contributed by atoms with van der Waals surface area (Å²) in [7, 11) is 0. The van der Waals surface area contributed by atoms with Crippen molar-refractivity contribution in [3.05, 3.63) is 41.5 Å². The van der Waals surface area contributed by atoms with Gasteiger partial charge in [0.25, 0.3) is 0 Å². The molecule has 1 saturated heterocycles. The van der Waals surface area contributed by atoms with Crippen LogP contribution in [0.3, 0.4) is 0 Å². The summed E-state index contributed by atoms with van der Waals surface area (Å²) in [6.45, 7) is 3.85. The summed E-state index contributed by atoms with van der Waals surface area (Å²) < 4.78 is 5.23. The minimum Gasteiger partial charge on any atom is -0.456 e. The van der Waals surface area contributed by atoms with Crippen LogP contribution in [0.15, 0.2) is 35.9 Å². The molecule has 0 amide bonds. The van der Waals surface area contributed by atoms with Gasteiger partial charge in [-0.2, -0.15) is 0 Å². The third-order valence-corrected chi connectivity index (χ3v) is 2.39. The lowest BCUT2D eigenvalue weighted by Gasteiger charge is -2.13. The van der Waals surface area contributed by atoms with Crippen LogP contribution in [0.2, 0.25) is 0 Å². The van der Waals surface area contributed by atoms with E-state index in [0.29, 0.717) is 6.42 Å². The van der Waals surface area contributed by atoms with E-state index in [1.54, 1.807) is 0 Å². The molecule has 0 aromatic heterocycles. The second-order valence-corrected chi connectivity index (χ2v) is 4.41. The first-order chi connectivity index (χ1) is 7.07. The molecule has 0 saturated carbocycles. The van der Waals surface area contributed by atoms with Crippen molar-refractivity contribution in [1.82, 2.24) is 0 Å². The topological polar surface area (TPSA) is 26.3 Å². The van der Waals surface area contributed by atoms with Crippen LogP contribution >= 0.6 is 0 Å². The number of cyclic esters (lactones) is 1. The Hall–Kier alpha value is -1.57. The standard InChI is InChI=1S/C13H14O2/c1-13(2)9-11(12(14)15-13)8-10-6-4-3-5-7-10/h3-8H,9H2,1-2H3. The molecular formula is C13H14O2. The Balaban J connectivity index is 2.26. The maximum atomic E-state index is 11.5. The van der Waals surface area contributed by atoms with E-state index in [4.69, 9.17) is 4.74 Å². The van der Waals surface area contributed by atoms with Crippen LogP contribution < -0.4 is 0 Å². The van der Waals surface area contributed by atoms with Crippen LogP contribution in [0.25, 0.3) is 6.08 Å². The van der Waals surface area contributed by atoms with Gasteiger partial charge in [-0.3, -0.25) is 0 Å². The van der Waals surface area contributed by atoms with E-state index in [2.05, 4.69) is 0 Å². The van der Waals surface area contributed by atoms with E-state index in [1.807, 2.05) is 50.3 Å². The van der Waals surface area contributed by atoms with Gasteiger partial charge in [0.1, 0.15) is 5.60 Å². The summed E-state index contributed by atoms with van der Waals surface area (Å²) in [4.78, 5) is 11.5. The fourth-order valence-electron chi connectivity index (χ4n) is 1.74. The monoisotopic (exact) mass is 202 g/mol. The number of benzene rings is 1. The summed E-state index contributed by atoms with van der Waals surface area (Å²) >= 11 is 0. The fourth-order valence-corrected chi connectivity index (χ4v) is 1.74. The highest BCUT2D eigenvalue weighted by molar-refractivity contribution is 5.96. The first-order valence-corrected chi connectivity index (χ1v) is 5.06. The Morgan fingerprint density at radius 2 is 1.93 bits per heavy atom. The first-order valence-electron chi connectivity index (χ1n) is 5.06. The van der Waals surface area contributed by atoms with E-state index in [0.717, 1.165) is 11.1 Å². The van der Waals surface area contributed by atoms with Crippen molar-refractivity contribution in [1.29, 1.82) is 0 Å². The number of hydrogen-bond acceptors (Lipinski definition) is 2. The molecule has 0 radical (unpaired) electrons. The first kappa shape index (κ1) is 9.97. The molecular weight excluding hydrogens is 188 g/mol. The molecule has 0 aliphatic carbocycles. The molecule has 0 N–H and O–H groups in total. The van der Waals surface area contributed by atoms with Crippen LogP contribution in [0.1, 0.15) is 25.8 Å². The predicted molar refractivity (Wildman–Crippen MR) is 59.2 cm³/mol. The molecule has 1 aromatic carbocycles. The molecule has 1 aromatic rings. The van der Waals surface area contributed by atoms with Crippen LogP contribution in [0.4, 0.5) is 0 Å². The van der Waals surface area contributed by atoms with E-state index < -0.39 is 0 Å². The van der Waals surface area contributed by atoms with Crippen molar-refractivity contribution in [2.75, 3.05) is 0 Å². The SMILES string of the molecule is CC1(C)CC(=Cc2ccccc2)C(=O)O1. The molecule has 0 unspecified atom stereocenters. The molecule has 78 valence electrons. The minimum atomic E-state index is -0.350. The van der Waals surface area contributed by atoms with E-state index in [-0.39, 0.29) is 11.6 Å². The van der Waals surface area contributed by atoms with Crippen molar-refractivity contribution >= 4 is 12.0 Å². The fraction of sp³-hybridized carbons (Fsp3) is 0.308. The Morgan fingerprint density at radius 1 is 1.27 bits per heavy atom. The van der Waals surface area contributed by atoms with Gasteiger partial charge < -0.3 is 4.74 Å². The Kier molecular flexibility index (Phi) is 2.35. The van der Waals surface area contributed by atoms with Crippen LogP contribution in [0.5, 0.6) is 0 Å². The quantitative estimate of drug-likeness (QED) is 0.517. The zero-order chi connectivity index (χ0) is 10.9. The van der Waals surface area contributed by atoms with Gasteiger partial charge in [0, 0.05) is 12.0 Å². The molecule has 0 bridgehead atoms. The van der Waals surface area contributed by atoms with Gasteiger partial charge >= 0.3 is 5.97 Å². The van der Waals surface area contributed by atoms with Gasteiger partial charge in [-0.05, 0) is 25.5 Å². The largest absolute Gasteiger partial charge is 0.456 e. The summed E-state index contributed by atoms with van der Waals surface area (Å²) in [5.41, 5.74) is 1.45. The number of ether oxygens (including phenoxy) is 1. The zero-order valence-electron chi connectivity index (χ0n) is 8.99. The Morgan fingerprint density at radius 3 is 2.47 bits per heavy atom. The van der Waals surface area contributed by atoms with Gasteiger partial charge in [0.15, 0.2) is 0 Å². The molecule has 1 fully saturated rings. The third kappa shape index (κ3) is 2.27. The minimum absolute atomic E-state index is 0.191.